The molecular weight excluding hydrogens is 390 g/mol. The third kappa shape index (κ3) is 5.13. The van der Waals surface area contributed by atoms with Crippen LogP contribution in [0.5, 0.6) is 0 Å². The third-order valence-corrected chi connectivity index (χ3v) is 6.01. The van der Waals surface area contributed by atoms with Crippen LogP contribution in [0.15, 0.2) is 78.9 Å². The summed E-state index contributed by atoms with van der Waals surface area (Å²) in [6, 6.07) is 19.4. The van der Waals surface area contributed by atoms with E-state index in [9.17, 15) is 15.0 Å². The van der Waals surface area contributed by atoms with E-state index in [0.29, 0.717) is 19.5 Å². The largest absolute Gasteiger partial charge is 0.481 e. The van der Waals surface area contributed by atoms with E-state index in [-0.39, 0.29) is 6.10 Å². The van der Waals surface area contributed by atoms with Crippen molar-refractivity contribution in [3.63, 3.8) is 0 Å². The highest BCUT2D eigenvalue weighted by Crippen LogP contribution is 2.41. The number of carbonyl (C=O) groups is 1. The first-order valence-electron chi connectivity index (χ1n) is 10.9. The molecule has 31 heavy (non-hydrogen) atoms. The first kappa shape index (κ1) is 21.5. The Hall–Kier alpha value is -2.73. The van der Waals surface area contributed by atoms with E-state index in [1.807, 2.05) is 72.8 Å². The van der Waals surface area contributed by atoms with Crippen LogP contribution in [0, 0.1) is 5.41 Å². The predicted molar refractivity (Wildman–Crippen MR) is 120 cm³/mol. The van der Waals surface area contributed by atoms with Crippen LogP contribution in [0.1, 0.15) is 36.5 Å². The van der Waals surface area contributed by atoms with E-state index in [1.54, 1.807) is 6.08 Å². The maximum Gasteiger partial charge on any atom is 0.316 e. The van der Waals surface area contributed by atoms with Gasteiger partial charge in [0.2, 0.25) is 0 Å². The number of aliphatic carboxylic acids is 1. The molecule has 0 radical (unpaired) electrons. The first-order valence-corrected chi connectivity index (χ1v) is 10.9. The Morgan fingerprint density at radius 2 is 1.77 bits per heavy atom. The highest BCUT2D eigenvalue weighted by atomic mass is 16.5. The molecule has 0 spiro atoms. The fraction of sp³-hybridized carbons (Fsp3) is 0.346. The van der Waals surface area contributed by atoms with E-state index in [2.05, 4.69) is 5.32 Å². The molecule has 3 N–H and O–H groups in total. The van der Waals surface area contributed by atoms with Crippen LogP contribution in [0.2, 0.25) is 0 Å². The Bertz CT molecular complexity index is 936. The van der Waals surface area contributed by atoms with Gasteiger partial charge in [-0.2, -0.15) is 0 Å². The minimum absolute atomic E-state index is 0.136. The SMILES string of the molecule is O=C(O)C1(CCNC[C@H](O)c2ccccc2)C=CC(c2ccccc2)=CC1OC1CC1. The summed E-state index contributed by atoms with van der Waals surface area (Å²) < 4.78 is 6.19. The average molecular weight is 420 g/mol. The van der Waals surface area contributed by atoms with Crippen molar-refractivity contribution in [2.24, 2.45) is 5.41 Å². The summed E-state index contributed by atoms with van der Waals surface area (Å²) in [7, 11) is 0. The van der Waals surface area contributed by atoms with Crippen LogP contribution in [0.3, 0.4) is 0 Å². The molecule has 0 aromatic heterocycles. The van der Waals surface area contributed by atoms with Gasteiger partial charge >= 0.3 is 5.97 Å². The van der Waals surface area contributed by atoms with Crippen LogP contribution in [0.25, 0.3) is 5.57 Å². The predicted octanol–water partition coefficient (Wildman–Crippen LogP) is 3.97. The van der Waals surface area contributed by atoms with Gasteiger partial charge in [0.1, 0.15) is 5.41 Å². The minimum Gasteiger partial charge on any atom is -0.481 e. The second-order valence-corrected chi connectivity index (χ2v) is 8.30. The lowest BCUT2D eigenvalue weighted by Gasteiger charge is -2.36. The molecule has 0 aliphatic heterocycles. The van der Waals surface area contributed by atoms with Crippen molar-refractivity contribution in [3.05, 3.63) is 90.0 Å². The van der Waals surface area contributed by atoms with Gasteiger partial charge in [-0.05, 0) is 48.6 Å². The van der Waals surface area contributed by atoms with E-state index in [0.717, 1.165) is 29.5 Å². The summed E-state index contributed by atoms with van der Waals surface area (Å²) in [5, 5.41) is 23.8. The van der Waals surface area contributed by atoms with E-state index < -0.39 is 23.6 Å². The first-order chi connectivity index (χ1) is 15.1. The lowest BCUT2D eigenvalue weighted by molar-refractivity contribution is -0.153. The van der Waals surface area contributed by atoms with Crippen LogP contribution in [-0.4, -0.2) is 41.5 Å². The zero-order chi connectivity index (χ0) is 21.7. The maximum atomic E-state index is 12.4. The van der Waals surface area contributed by atoms with Crippen LogP contribution in [-0.2, 0) is 9.53 Å². The number of rotatable bonds is 10. The van der Waals surface area contributed by atoms with Crippen molar-refractivity contribution >= 4 is 11.5 Å². The Balaban J connectivity index is 1.45. The molecule has 162 valence electrons. The van der Waals surface area contributed by atoms with Gasteiger partial charge in [0, 0.05) is 6.54 Å². The number of carboxylic acid groups (broad SMARTS) is 1. The zero-order valence-electron chi connectivity index (χ0n) is 17.5. The molecule has 0 amide bonds. The van der Waals surface area contributed by atoms with Gasteiger partial charge < -0.3 is 20.3 Å². The van der Waals surface area contributed by atoms with Gasteiger partial charge in [0.05, 0.1) is 18.3 Å². The molecule has 4 rings (SSSR count). The highest BCUT2D eigenvalue weighted by molar-refractivity contribution is 5.84. The smallest absolute Gasteiger partial charge is 0.316 e. The molecule has 2 aromatic carbocycles. The number of aliphatic hydroxyl groups excluding tert-OH is 1. The summed E-state index contributed by atoms with van der Waals surface area (Å²) in [6.45, 7) is 0.822. The molecule has 2 aliphatic rings. The van der Waals surface area contributed by atoms with Gasteiger partial charge in [0.25, 0.3) is 0 Å². The monoisotopic (exact) mass is 419 g/mol. The summed E-state index contributed by atoms with van der Waals surface area (Å²) in [6.07, 6.45) is 6.95. The Kier molecular flexibility index (Phi) is 6.66. The van der Waals surface area contributed by atoms with E-state index >= 15 is 0 Å². The van der Waals surface area contributed by atoms with Crippen molar-refractivity contribution in [3.8, 4) is 0 Å². The quantitative estimate of drug-likeness (QED) is 0.508. The van der Waals surface area contributed by atoms with Crippen molar-refractivity contribution in [2.75, 3.05) is 13.1 Å². The van der Waals surface area contributed by atoms with Gasteiger partial charge in [-0.15, -0.1) is 0 Å². The zero-order valence-corrected chi connectivity index (χ0v) is 17.5. The molecule has 2 unspecified atom stereocenters. The number of ether oxygens (including phenoxy) is 1. The molecule has 0 heterocycles. The van der Waals surface area contributed by atoms with Crippen molar-refractivity contribution < 1.29 is 19.7 Å². The van der Waals surface area contributed by atoms with Crippen LogP contribution < -0.4 is 5.32 Å². The molecule has 5 nitrogen and oxygen atoms in total. The topological polar surface area (TPSA) is 78.8 Å². The molecule has 0 saturated heterocycles. The van der Waals surface area contributed by atoms with Crippen molar-refractivity contribution in [1.82, 2.24) is 5.32 Å². The summed E-state index contributed by atoms with van der Waals surface area (Å²) in [4.78, 5) is 12.4. The van der Waals surface area contributed by atoms with Gasteiger partial charge in [-0.25, -0.2) is 0 Å². The third-order valence-electron chi connectivity index (χ3n) is 6.01. The fourth-order valence-corrected chi connectivity index (χ4v) is 3.95. The van der Waals surface area contributed by atoms with Crippen molar-refractivity contribution in [1.29, 1.82) is 0 Å². The molecule has 5 heteroatoms. The number of allylic oxidation sites excluding steroid dienone is 2. The molecule has 2 aromatic rings. The number of carboxylic acids is 1. The second kappa shape index (κ2) is 9.60. The normalized spacial score (nSPS) is 23.9. The standard InChI is InChI=1S/C26H29NO4/c28-23(20-9-5-2-6-10-20)18-27-16-15-26(25(29)30)14-13-21(19-7-3-1-4-8-19)17-24(26)31-22-11-12-22/h1-10,13-14,17,22-24,27-28H,11-12,15-16,18H2,(H,29,30)/t23-,24?,26?/m0/s1. The summed E-state index contributed by atoms with van der Waals surface area (Å²) in [5.41, 5.74) is 1.73. The number of hydrogen-bond acceptors (Lipinski definition) is 4. The van der Waals surface area contributed by atoms with E-state index in [4.69, 9.17) is 4.74 Å². The molecule has 0 bridgehead atoms. The molecular formula is C26H29NO4. The average Bonchev–Trinajstić information content (AvgIpc) is 3.62. The van der Waals surface area contributed by atoms with Crippen molar-refractivity contribution in [2.45, 2.75) is 37.6 Å². The minimum atomic E-state index is -1.13. The molecule has 1 saturated carbocycles. The van der Waals surface area contributed by atoms with Gasteiger partial charge in [-0.1, -0.05) is 72.8 Å². The molecule has 1 fully saturated rings. The Labute approximate surface area is 183 Å². The summed E-state index contributed by atoms with van der Waals surface area (Å²) in [5.74, 6) is -0.886. The number of aliphatic hydroxyl groups is 1. The maximum absolute atomic E-state index is 12.4. The summed E-state index contributed by atoms with van der Waals surface area (Å²) >= 11 is 0. The van der Waals surface area contributed by atoms with Crippen LogP contribution >= 0.6 is 0 Å². The fourth-order valence-electron chi connectivity index (χ4n) is 3.95. The van der Waals surface area contributed by atoms with E-state index in [1.165, 1.54) is 0 Å². The number of nitrogens with one attached hydrogen (secondary N) is 1. The van der Waals surface area contributed by atoms with Crippen LogP contribution in [0.4, 0.5) is 0 Å². The lowest BCUT2D eigenvalue weighted by Crippen LogP contribution is -2.45. The lowest BCUT2D eigenvalue weighted by atomic mass is 9.74. The highest BCUT2D eigenvalue weighted by Gasteiger charge is 2.47. The second-order valence-electron chi connectivity index (χ2n) is 8.30. The Morgan fingerprint density at radius 1 is 1.10 bits per heavy atom. The molecule has 2 aliphatic carbocycles. The Morgan fingerprint density at radius 3 is 2.42 bits per heavy atom. The number of benzene rings is 2. The van der Waals surface area contributed by atoms with Gasteiger partial charge in [0.15, 0.2) is 0 Å². The van der Waals surface area contributed by atoms with Gasteiger partial charge in [-0.3, -0.25) is 4.79 Å². The number of hydrogen-bond donors (Lipinski definition) is 3. The molecule has 3 atom stereocenters.